The zero-order chi connectivity index (χ0) is 12.0. The number of hydrogen-bond acceptors (Lipinski definition) is 3. The summed E-state index contributed by atoms with van der Waals surface area (Å²) in [6.07, 6.45) is 6.12. The van der Waals surface area contributed by atoms with Gasteiger partial charge < -0.3 is 5.11 Å². The maximum absolute atomic E-state index is 10.6. The molecule has 1 aliphatic carbocycles. The van der Waals surface area contributed by atoms with Crippen LogP contribution in [0.15, 0.2) is 0 Å². The number of carboxylic acids is 1. The van der Waals surface area contributed by atoms with E-state index in [1.807, 2.05) is 0 Å². The first kappa shape index (κ1) is 12.9. The number of nitrogens with zero attached hydrogens (tertiary/aromatic N) is 1. The largest absolute Gasteiger partial charge is 0.481 e. The first-order valence-electron chi connectivity index (χ1n) is 5.95. The molecule has 0 aliphatic heterocycles. The molecule has 0 spiro atoms. The maximum Gasteiger partial charge on any atom is 0.303 e. The highest BCUT2D eigenvalue weighted by molar-refractivity contribution is 5.66. The third kappa shape index (κ3) is 4.59. The van der Waals surface area contributed by atoms with Crippen LogP contribution in [0.5, 0.6) is 0 Å². The quantitative estimate of drug-likeness (QED) is 0.431. The zero-order valence-corrected chi connectivity index (χ0v) is 9.43. The molecule has 92 valence electrons. The Hall–Kier alpha value is -1.13. The number of aliphatic carboxylic acids is 1. The fourth-order valence-electron chi connectivity index (χ4n) is 2.43. The smallest absolute Gasteiger partial charge is 0.303 e. The molecule has 1 fully saturated rings. The van der Waals surface area contributed by atoms with E-state index in [0.717, 1.165) is 25.7 Å². The van der Waals surface area contributed by atoms with Crippen LogP contribution >= 0.6 is 0 Å². The van der Waals surface area contributed by atoms with Crippen molar-refractivity contribution in [2.24, 2.45) is 5.92 Å². The van der Waals surface area contributed by atoms with E-state index < -0.39 is 5.97 Å². The van der Waals surface area contributed by atoms with E-state index in [1.165, 1.54) is 0 Å². The molecule has 2 unspecified atom stereocenters. The standard InChI is InChI=1S/C11H19NO4/c13-11(14)7-2-1-4-9-5-3-6-10(8-9)12(15)16/h9-10H,1-8H2,(H,13,14). The van der Waals surface area contributed by atoms with Gasteiger partial charge in [-0.1, -0.05) is 12.8 Å². The molecule has 1 N–H and O–H groups in total. The van der Waals surface area contributed by atoms with E-state index in [2.05, 4.69) is 0 Å². The lowest BCUT2D eigenvalue weighted by atomic mass is 9.83. The highest BCUT2D eigenvalue weighted by atomic mass is 16.6. The predicted molar refractivity (Wildman–Crippen MR) is 58.8 cm³/mol. The Morgan fingerprint density at radius 2 is 2.12 bits per heavy atom. The van der Waals surface area contributed by atoms with Gasteiger partial charge in [0.15, 0.2) is 0 Å². The average molecular weight is 229 g/mol. The number of unbranched alkanes of at least 4 members (excludes halogenated alkanes) is 1. The van der Waals surface area contributed by atoms with Crippen molar-refractivity contribution in [2.75, 3.05) is 0 Å². The summed E-state index contributed by atoms with van der Waals surface area (Å²) in [6, 6.07) is -0.363. The lowest BCUT2D eigenvalue weighted by molar-refractivity contribution is -0.528. The molecule has 0 saturated heterocycles. The van der Waals surface area contributed by atoms with Crippen molar-refractivity contribution < 1.29 is 14.8 Å². The van der Waals surface area contributed by atoms with E-state index in [9.17, 15) is 14.9 Å². The SMILES string of the molecule is O=C(O)CCCCC1CCCC([N+](=O)[O-])C1. The Balaban J connectivity index is 2.17. The third-order valence-corrected chi connectivity index (χ3v) is 3.31. The topological polar surface area (TPSA) is 80.4 Å². The van der Waals surface area contributed by atoms with Crippen LogP contribution in [0.3, 0.4) is 0 Å². The Labute approximate surface area is 95.0 Å². The molecule has 1 aliphatic rings. The number of rotatable bonds is 6. The molecule has 1 saturated carbocycles. The molecule has 2 atom stereocenters. The van der Waals surface area contributed by atoms with Crippen LogP contribution < -0.4 is 0 Å². The van der Waals surface area contributed by atoms with Gasteiger partial charge in [-0.25, -0.2) is 0 Å². The van der Waals surface area contributed by atoms with Crippen LogP contribution in [0.1, 0.15) is 51.4 Å². The zero-order valence-electron chi connectivity index (χ0n) is 9.43. The van der Waals surface area contributed by atoms with E-state index in [0.29, 0.717) is 25.2 Å². The molecule has 1 rings (SSSR count). The molecular formula is C11H19NO4. The first-order chi connectivity index (χ1) is 7.59. The van der Waals surface area contributed by atoms with E-state index in [-0.39, 0.29) is 17.4 Å². The van der Waals surface area contributed by atoms with Crippen molar-refractivity contribution in [1.82, 2.24) is 0 Å². The molecular weight excluding hydrogens is 210 g/mol. The Kier molecular flexibility index (Phi) is 5.22. The monoisotopic (exact) mass is 229 g/mol. The van der Waals surface area contributed by atoms with Crippen LogP contribution in [-0.2, 0) is 4.79 Å². The van der Waals surface area contributed by atoms with Gasteiger partial charge in [0, 0.05) is 24.2 Å². The van der Waals surface area contributed by atoms with Gasteiger partial charge in [-0.15, -0.1) is 0 Å². The Bertz CT molecular complexity index is 254. The van der Waals surface area contributed by atoms with Gasteiger partial charge in [-0.2, -0.15) is 0 Å². The highest BCUT2D eigenvalue weighted by Crippen LogP contribution is 2.29. The van der Waals surface area contributed by atoms with Crippen molar-refractivity contribution in [3.63, 3.8) is 0 Å². The minimum absolute atomic E-state index is 0.163. The molecule has 16 heavy (non-hydrogen) atoms. The molecule has 0 amide bonds. The van der Waals surface area contributed by atoms with Crippen molar-refractivity contribution in [1.29, 1.82) is 0 Å². The van der Waals surface area contributed by atoms with Crippen molar-refractivity contribution in [2.45, 2.75) is 57.4 Å². The lowest BCUT2D eigenvalue weighted by Crippen LogP contribution is -2.27. The van der Waals surface area contributed by atoms with E-state index >= 15 is 0 Å². The van der Waals surface area contributed by atoms with Crippen LogP contribution in [0.25, 0.3) is 0 Å². The van der Waals surface area contributed by atoms with Crippen molar-refractivity contribution in [3.05, 3.63) is 10.1 Å². The summed E-state index contributed by atoms with van der Waals surface area (Å²) in [4.78, 5) is 20.8. The van der Waals surface area contributed by atoms with Gasteiger partial charge in [-0.05, 0) is 25.2 Å². The minimum Gasteiger partial charge on any atom is -0.481 e. The molecule has 0 heterocycles. The summed E-state index contributed by atoms with van der Waals surface area (Å²) in [5.41, 5.74) is 0. The van der Waals surface area contributed by atoms with Crippen molar-refractivity contribution >= 4 is 5.97 Å². The maximum atomic E-state index is 10.6. The van der Waals surface area contributed by atoms with Crippen LogP contribution in [0.4, 0.5) is 0 Å². The molecule has 5 heteroatoms. The summed E-state index contributed by atoms with van der Waals surface area (Å²) in [6.45, 7) is 0. The van der Waals surface area contributed by atoms with E-state index in [4.69, 9.17) is 5.11 Å². The summed E-state index contributed by atoms with van der Waals surface area (Å²) in [5, 5.41) is 19.1. The van der Waals surface area contributed by atoms with Gasteiger partial charge in [0.1, 0.15) is 0 Å². The van der Waals surface area contributed by atoms with Gasteiger partial charge in [-0.3, -0.25) is 14.9 Å². The van der Waals surface area contributed by atoms with Crippen LogP contribution in [0.2, 0.25) is 0 Å². The lowest BCUT2D eigenvalue weighted by Gasteiger charge is -2.23. The fraction of sp³-hybridized carbons (Fsp3) is 0.909. The number of carboxylic acid groups (broad SMARTS) is 1. The highest BCUT2D eigenvalue weighted by Gasteiger charge is 2.28. The molecule has 0 aromatic carbocycles. The number of carbonyl (C=O) groups is 1. The van der Waals surface area contributed by atoms with Gasteiger partial charge in [0.05, 0.1) is 0 Å². The molecule has 0 aromatic rings. The fourth-order valence-corrected chi connectivity index (χ4v) is 2.43. The summed E-state index contributed by atoms with van der Waals surface area (Å²) >= 11 is 0. The van der Waals surface area contributed by atoms with Crippen LogP contribution in [-0.4, -0.2) is 22.0 Å². The van der Waals surface area contributed by atoms with Gasteiger partial charge in [0.25, 0.3) is 0 Å². The number of hydrogen-bond donors (Lipinski definition) is 1. The minimum atomic E-state index is -0.758. The van der Waals surface area contributed by atoms with Gasteiger partial charge >= 0.3 is 5.97 Å². The predicted octanol–water partition coefficient (Wildman–Crippen LogP) is 2.47. The summed E-state index contributed by atoms with van der Waals surface area (Å²) < 4.78 is 0. The van der Waals surface area contributed by atoms with Gasteiger partial charge in [0.2, 0.25) is 6.04 Å². The molecule has 0 bridgehead atoms. The Morgan fingerprint density at radius 3 is 2.75 bits per heavy atom. The normalized spacial score (nSPS) is 25.2. The molecule has 5 nitrogen and oxygen atoms in total. The van der Waals surface area contributed by atoms with E-state index in [1.54, 1.807) is 0 Å². The average Bonchev–Trinajstić information content (AvgIpc) is 2.24. The van der Waals surface area contributed by atoms with Crippen LogP contribution in [0, 0.1) is 16.0 Å². The Morgan fingerprint density at radius 1 is 1.38 bits per heavy atom. The first-order valence-corrected chi connectivity index (χ1v) is 5.95. The van der Waals surface area contributed by atoms with Crippen molar-refractivity contribution in [3.8, 4) is 0 Å². The second kappa shape index (κ2) is 6.45. The molecule has 0 radical (unpaired) electrons. The number of nitro groups is 1. The summed E-state index contributed by atoms with van der Waals surface area (Å²) in [5.74, 6) is -0.329. The second-order valence-corrected chi connectivity index (χ2v) is 4.61. The molecule has 0 aromatic heterocycles. The second-order valence-electron chi connectivity index (χ2n) is 4.61. The summed E-state index contributed by atoms with van der Waals surface area (Å²) in [7, 11) is 0. The third-order valence-electron chi connectivity index (χ3n) is 3.31.